The van der Waals surface area contributed by atoms with Gasteiger partial charge >= 0.3 is 0 Å². The van der Waals surface area contributed by atoms with E-state index < -0.39 is 0 Å². The fourth-order valence-corrected chi connectivity index (χ4v) is 4.92. The molecule has 1 aliphatic heterocycles. The Morgan fingerprint density at radius 2 is 1.96 bits per heavy atom. The summed E-state index contributed by atoms with van der Waals surface area (Å²) in [4.78, 5) is 5.97. The highest BCUT2D eigenvalue weighted by molar-refractivity contribution is 5.85. The number of rotatable bonds is 2. The molecular weight excluding hydrogens is 303 g/mol. The van der Waals surface area contributed by atoms with E-state index in [0.29, 0.717) is 0 Å². The number of aromatic amines is 1. The number of nitrogens with one attached hydrogen (secondary N) is 1. The first-order valence-corrected chi connectivity index (χ1v) is 9.12. The summed E-state index contributed by atoms with van der Waals surface area (Å²) >= 11 is 0. The van der Waals surface area contributed by atoms with Crippen LogP contribution in [0.2, 0.25) is 0 Å². The van der Waals surface area contributed by atoms with Crippen molar-refractivity contribution in [3.05, 3.63) is 35.3 Å². The molecule has 0 radical (unpaired) electrons. The minimum Gasteiger partial charge on any atom is -0.368 e. The van der Waals surface area contributed by atoms with Crippen LogP contribution in [0.15, 0.2) is 18.2 Å². The number of hydrogen-bond donors (Lipinski definition) is 1. The van der Waals surface area contributed by atoms with Gasteiger partial charge in [-0.15, -0.1) is 0 Å². The molecule has 2 aliphatic rings. The molecule has 1 aromatic heterocycles. The standard InChI is InChI=1S/C20H27FN2O/c1-4-19(23(2)3)8-10-20(11-9-19)18-15(7-12-24-20)16-13-14(21)5-6-17(16)22-18/h5-6,13,22H,4,7-12H2,1-3H3. The number of H-pyrrole nitrogens is 1. The molecule has 2 heterocycles. The summed E-state index contributed by atoms with van der Waals surface area (Å²) < 4.78 is 20.1. The summed E-state index contributed by atoms with van der Waals surface area (Å²) in [6.45, 7) is 3.02. The van der Waals surface area contributed by atoms with Crippen molar-refractivity contribution in [2.75, 3.05) is 20.7 Å². The number of nitrogens with zero attached hydrogens (tertiary/aromatic N) is 1. The summed E-state index contributed by atoms with van der Waals surface area (Å²) in [6.07, 6.45) is 6.37. The predicted molar refractivity (Wildman–Crippen MR) is 94.8 cm³/mol. The Bertz CT molecular complexity index is 756. The second kappa shape index (κ2) is 5.57. The summed E-state index contributed by atoms with van der Waals surface area (Å²) in [6, 6.07) is 5.06. The maximum absolute atomic E-state index is 13.7. The van der Waals surface area contributed by atoms with Crippen LogP contribution < -0.4 is 0 Å². The molecule has 1 aromatic carbocycles. The third-order valence-corrected chi connectivity index (χ3v) is 6.65. The lowest BCUT2D eigenvalue weighted by atomic mass is 9.69. The minimum absolute atomic E-state index is 0.161. The Morgan fingerprint density at radius 3 is 2.62 bits per heavy atom. The first-order chi connectivity index (χ1) is 11.5. The van der Waals surface area contributed by atoms with Crippen molar-refractivity contribution in [3.63, 3.8) is 0 Å². The van der Waals surface area contributed by atoms with Crippen LogP contribution in [0.1, 0.15) is 50.3 Å². The van der Waals surface area contributed by atoms with Crippen LogP contribution in [0.5, 0.6) is 0 Å². The summed E-state index contributed by atoms with van der Waals surface area (Å²) in [5, 5.41) is 1.03. The predicted octanol–water partition coefficient (Wildman–Crippen LogP) is 4.36. The topological polar surface area (TPSA) is 28.3 Å². The van der Waals surface area contributed by atoms with E-state index >= 15 is 0 Å². The third-order valence-electron chi connectivity index (χ3n) is 6.65. The van der Waals surface area contributed by atoms with Gasteiger partial charge in [0.1, 0.15) is 11.4 Å². The van der Waals surface area contributed by atoms with E-state index in [1.165, 1.54) is 23.7 Å². The highest BCUT2D eigenvalue weighted by Crippen LogP contribution is 2.50. The highest BCUT2D eigenvalue weighted by atomic mass is 19.1. The van der Waals surface area contributed by atoms with Crippen molar-refractivity contribution in [2.45, 2.75) is 56.6 Å². The molecule has 1 fully saturated rings. The van der Waals surface area contributed by atoms with Gasteiger partial charge in [0.15, 0.2) is 0 Å². The molecule has 4 heteroatoms. The number of hydrogen-bond acceptors (Lipinski definition) is 2. The van der Waals surface area contributed by atoms with Crippen molar-refractivity contribution in [1.29, 1.82) is 0 Å². The van der Waals surface area contributed by atoms with Gasteiger partial charge in [0.05, 0.1) is 12.3 Å². The fraction of sp³-hybridized carbons (Fsp3) is 0.600. The third kappa shape index (κ3) is 2.23. The first-order valence-electron chi connectivity index (χ1n) is 9.12. The number of fused-ring (bicyclic) bond motifs is 4. The maximum atomic E-state index is 13.7. The van der Waals surface area contributed by atoms with Crippen molar-refractivity contribution in [1.82, 2.24) is 9.88 Å². The molecule has 130 valence electrons. The molecule has 24 heavy (non-hydrogen) atoms. The van der Waals surface area contributed by atoms with E-state index in [2.05, 4.69) is 30.9 Å². The van der Waals surface area contributed by atoms with E-state index in [9.17, 15) is 4.39 Å². The zero-order valence-corrected chi connectivity index (χ0v) is 14.9. The van der Waals surface area contributed by atoms with Gasteiger partial charge in [-0.2, -0.15) is 0 Å². The van der Waals surface area contributed by atoms with Crippen molar-refractivity contribution < 1.29 is 9.13 Å². The van der Waals surface area contributed by atoms with Gasteiger partial charge in [-0.25, -0.2) is 4.39 Å². The van der Waals surface area contributed by atoms with Gasteiger partial charge in [-0.3, -0.25) is 0 Å². The lowest BCUT2D eigenvalue weighted by molar-refractivity contribution is -0.112. The minimum atomic E-state index is -0.211. The van der Waals surface area contributed by atoms with Gasteiger partial charge in [-0.05, 0) is 76.4 Å². The molecule has 0 unspecified atom stereocenters. The van der Waals surface area contributed by atoms with E-state index in [1.807, 2.05) is 6.07 Å². The van der Waals surface area contributed by atoms with Gasteiger partial charge in [0, 0.05) is 16.4 Å². The van der Waals surface area contributed by atoms with E-state index in [-0.39, 0.29) is 17.0 Å². The van der Waals surface area contributed by atoms with Crippen molar-refractivity contribution in [2.24, 2.45) is 0 Å². The summed E-state index contributed by atoms with van der Waals surface area (Å²) in [5.41, 5.74) is 3.58. The Hall–Kier alpha value is -1.39. The average molecular weight is 330 g/mol. The Kier molecular flexibility index (Phi) is 3.73. The summed E-state index contributed by atoms with van der Waals surface area (Å²) in [5.74, 6) is -0.161. The number of ether oxygens (including phenoxy) is 1. The smallest absolute Gasteiger partial charge is 0.123 e. The highest BCUT2D eigenvalue weighted by Gasteiger charge is 2.47. The molecule has 1 spiro atoms. The molecule has 3 nitrogen and oxygen atoms in total. The fourth-order valence-electron chi connectivity index (χ4n) is 4.92. The van der Waals surface area contributed by atoms with E-state index in [1.54, 1.807) is 6.07 Å². The second-order valence-electron chi connectivity index (χ2n) is 7.73. The van der Waals surface area contributed by atoms with E-state index in [0.717, 1.165) is 49.6 Å². The van der Waals surface area contributed by atoms with Crippen LogP contribution in [0.3, 0.4) is 0 Å². The molecule has 4 rings (SSSR count). The number of benzene rings is 1. The van der Waals surface area contributed by atoms with Crippen LogP contribution in [-0.2, 0) is 16.8 Å². The Labute approximate surface area is 143 Å². The lowest BCUT2D eigenvalue weighted by Gasteiger charge is -2.50. The van der Waals surface area contributed by atoms with Crippen LogP contribution >= 0.6 is 0 Å². The van der Waals surface area contributed by atoms with Crippen molar-refractivity contribution >= 4 is 10.9 Å². The van der Waals surface area contributed by atoms with Gasteiger partial charge in [-0.1, -0.05) is 6.92 Å². The first kappa shape index (κ1) is 16.1. The Morgan fingerprint density at radius 1 is 1.21 bits per heavy atom. The van der Waals surface area contributed by atoms with Crippen molar-refractivity contribution in [3.8, 4) is 0 Å². The van der Waals surface area contributed by atoms with Gasteiger partial charge in [0.25, 0.3) is 0 Å². The molecule has 0 atom stereocenters. The van der Waals surface area contributed by atoms with Gasteiger partial charge < -0.3 is 14.6 Å². The molecule has 1 aliphatic carbocycles. The Balaban J connectivity index is 1.74. The average Bonchev–Trinajstić information content (AvgIpc) is 2.95. The molecule has 0 amide bonds. The molecule has 1 N–H and O–H groups in total. The number of aromatic nitrogens is 1. The zero-order chi connectivity index (χ0) is 16.9. The number of halogens is 1. The molecule has 0 saturated heterocycles. The van der Waals surface area contributed by atoms with Gasteiger partial charge in [0.2, 0.25) is 0 Å². The lowest BCUT2D eigenvalue weighted by Crippen LogP contribution is -2.51. The maximum Gasteiger partial charge on any atom is 0.123 e. The van der Waals surface area contributed by atoms with E-state index in [4.69, 9.17) is 4.74 Å². The molecule has 0 bridgehead atoms. The monoisotopic (exact) mass is 330 g/mol. The SMILES string of the molecule is CCC1(N(C)C)CCC2(CC1)OCCc1c2[nH]c2ccc(F)cc12. The summed E-state index contributed by atoms with van der Waals surface area (Å²) in [7, 11) is 4.39. The van der Waals surface area contributed by atoms with Crippen LogP contribution in [0.4, 0.5) is 4.39 Å². The molecule has 2 aromatic rings. The zero-order valence-electron chi connectivity index (χ0n) is 14.9. The molecular formula is C20H27FN2O. The normalized spacial score (nSPS) is 30.2. The quantitative estimate of drug-likeness (QED) is 0.886. The second-order valence-corrected chi connectivity index (χ2v) is 7.73. The largest absolute Gasteiger partial charge is 0.368 e. The van der Waals surface area contributed by atoms with Crippen LogP contribution in [0.25, 0.3) is 10.9 Å². The molecule has 1 saturated carbocycles. The van der Waals surface area contributed by atoms with Crippen LogP contribution in [0, 0.1) is 5.82 Å². The van der Waals surface area contributed by atoms with Crippen LogP contribution in [-0.4, -0.2) is 36.1 Å².